The lowest BCUT2D eigenvalue weighted by atomic mass is 9.88. The van der Waals surface area contributed by atoms with Crippen LogP contribution in [0.3, 0.4) is 0 Å². The highest BCUT2D eigenvalue weighted by molar-refractivity contribution is 6.30. The average Bonchev–Trinajstić information content (AvgIpc) is 2.49. The van der Waals surface area contributed by atoms with Gasteiger partial charge in [0.1, 0.15) is 5.75 Å². The summed E-state index contributed by atoms with van der Waals surface area (Å²) in [7, 11) is 1.57. The highest BCUT2D eigenvalue weighted by Gasteiger charge is 2.24. The van der Waals surface area contributed by atoms with E-state index in [4.69, 9.17) is 22.1 Å². The van der Waals surface area contributed by atoms with Crippen molar-refractivity contribution in [3.8, 4) is 5.75 Å². The first-order chi connectivity index (χ1) is 10.1. The molecule has 3 nitrogen and oxygen atoms in total. The van der Waals surface area contributed by atoms with E-state index in [-0.39, 0.29) is 5.92 Å². The number of ether oxygens (including phenoxy) is 1. The van der Waals surface area contributed by atoms with Gasteiger partial charge in [-0.3, -0.25) is 0 Å². The number of aliphatic hydroxyl groups excluding tert-OH is 1. The summed E-state index contributed by atoms with van der Waals surface area (Å²) in [6.07, 6.45) is -0.772. The number of rotatable bonds is 5. The number of hydrogen-bond donors (Lipinski definition) is 2. The zero-order chi connectivity index (χ0) is 15.4. The second-order valence-corrected chi connectivity index (χ2v) is 5.52. The first-order valence-electron chi connectivity index (χ1n) is 6.85. The Morgan fingerprint density at radius 3 is 2.43 bits per heavy atom. The van der Waals surface area contributed by atoms with Crippen LogP contribution in [0.2, 0.25) is 5.02 Å². The largest absolute Gasteiger partial charge is 0.496 e. The lowest BCUT2D eigenvalue weighted by Gasteiger charge is -2.24. The zero-order valence-corrected chi connectivity index (χ0v) is 13.0. The maximum absolute atomic E-state index is 10.7. The number of nitrogens with two attached hydrogens (primary N) is 1. The molecule has 0 bridgehead atoms. The van der Waals surface area contributed by atoms with Crippen LogP contribution in [0.4, 0.5) is 0 Å². The lowest BCUT2D eigenvalue weighted by molar-refractivity contribution is 0.144. The van der Waals surface area contributed by atoms with E-state index in [9.17, 15) is 5.11 Å². The summed E-state index contributed by atoms with van der Waals surface area (Å²) in [5.74, 6) is 0.399. The van der Waals surface area contributed by atoms with Crippen molar-refractivity contribution >= 4 is 11.6 Å². The van der Waals surface area contributed by atoms with Crippen molar-refractivity contribution in [2.75, 3.05) is 13.7 Å². The van der Waals surface area contributed by atoms with E-state index in [2.05, 4.69) is 0 Å². The van der Waals surface area contributed by atoms with E-state index >= 15 is 0 Å². The normalized spacial score (nSPS) is 13.8. The minimum Gasteiger partial charge on any atom is -0.496 e. The van der Waals surface area contributed by atoms with Gasteiger partial charge in [-0.2, -0.15) is 0 Å². The minimum atomic E-state index is -0.772. The Labute approximate surface area is 130 Å². The molecule has 21 heavy (non-hydrogen) atoms. The van der Waals surface area contributed by atoms with Gasteiger partial charge in [-0.25, -0.2) is 0 Å². The highest BCUT2D eigenvalue weighted by Crippen LogP contribution is 2.36. The Hall–Kier alpha value is -1.55. The zero-order valence-electron chi connectivity index (χ0n) is 12.2. The molecule has 0 aliphatic heterocycles. The third kappa shape index (κ3) is 3.56. The van der Waals surface area contributed by atoms with Crippen LogP contribution in [0.25, 0.3) is 0 Å². The van der Waals surface area contributed by atoms with Gasteiger partial charge in [-0.05, 0) is 30.7 Å². The van der Waals surface area contributed by atoms with Gasteiger partial charge in [0, 0.05) is 23.0 Å². The minimum absolute atomic E-state index is 0.210. The summed E-state index contributed by atoms with van der Waals surface area (Å²) in [4.78, 5) is 0. The number of aryl methyl sites for hydroxylation is 1. The molecule has 0 aliphatic rings. The van der Waals surface area contributed by atoms with Crippen LogP contribution < -0.4 is 10.5 Å². The summed E-state index contributed by atoms with van der Waals surface area (Å²) >= 11 is 6.03. The molecule has 0 aliphatic carbocycles. The van der Waals surface area contributed by atoms with Crippen molar-refractivity contribution in [3.05, 3.63) is 64.2 Å². The summed E-state index contributed by atoms with van der Waals surface area (Å²) in [6.45, 7) is 2.36. The molecule has 0 saturated heterocycles. The van der Waals surface area contributed by atoms with Gasteiger partial charge in [0.2, 0.25) is 0 Å². The Morgan fingerprint density at radius 1 is 1.19 bits per heavy atom. The van der Waals surface area contributed by atoms with Crippen molar-refractivity contribution in [2.24, 2.45) is 5.73 Å². The number of methoxy groups -OCH3 is 1. The molecule has 2 atom stereocenters. The van der Waals surface area contributed by atoms with Crippen LogP contribution in [0.1, 0.15) is 28.7 Å². The number of hydrogen-bond acceptors (Lipinski definition) is 3. The summed E-state index contributed by atoms with van der Waals surface area (Å²) in [5.41, 5.74) is 8.70. The summed E-state index contributed by atoms with van der Waals surface area (Å²) in [5, 5.41) is 11.3. The molecule has 2 aromatic carbocycles. The van der Waals surface area contributed by atoms with E-state index in [0.717, 1.165) is 5.56 Å². The highest BCUT2D eigenvalue weighted by atomic mass is 35.5. The number of aliphatic hydroxyl groups is 1. The summed E-state index contributed by atoms with van der Waals surface area (Å²) in [6, 6.07) is 13.2. The van der Waals surface area contributed by atoms with Crippen molar-refractivity contribution in [1.82, 2.24) is 0 Å². The van der Waals surface area contributed by atoms with Crippen LogP contribution in [0.15, 0.2) is 42.5 Å². The van der Waals surface area contributed by atoms with E-state index in [1.165, 1.54) is 5.56 Å². The first kappa shape index (κ1) is 15.8. The Morgan fingerprint density at radius 2 is 1.86 bits per heavy atom. The molecule has 0 radical (unpaired) electrons. The molecule has 0 saturated carbocycles. The second-order valence-electron chi connectivity index (χ2n) is 5.08. The molecular formula is C17H20ClNO2. The van der Waals surface area contributed by atoms with Gasteiger partial charge in [0.25, 0.3) is 0 Å². The smallest absolute Gasteiger partial charge is 0.124 e. The molecule has 2 unspecified atom stereocenters. The molecule has 0 amide bonds. The molecule has 0 aromatic heterocycles. The monoisotopic (exact) mass is 305 g/mol. The van der Waals surface area contributed by atoms with Crippen LogP contribution in [-0.4, -0.2) is 18.8 Å². The van der Waals surface area contributed by atoms with Crippen molar-refractivity contribution in [3.63, 3.8) is 0 Å². The molecule has 3 N–H and O–H groups in total. The predicted octanol–water partition coefficient (Wildman–Crippen LogP) is 3.43. The molecule has 2 rings (SSSR count). The molecule has 0 fully saturated rings. The average molecular weight is 306 g/mol. The third-order valence-corrected chi connectivity index (χ3v) is 3.89. The standard InChI is InChI=1S/C17H20ClNO2/c1-11-3-5-12(6-4-11)15(10-19)17(20)14-9-13(18)7-8-16(14)21-2/h3-9,15,17,20H,10,19H2,1-2H3. The fourth-order valence-corrected chi connectivity index (χ4v) is 2.59. The van der Waals surface area contributed by atoms with Gasteiger partial charge >= 0.3 is 0 Å². The maximum atomic E-state index is 10.7. The number of benzene rings is 2. The van der Waals surface area contributed by atoms with E-state index < -0.39 is 6.10 Å². The quantitative estimate of drug-likeness (QED) is 0.890. The van der Waals surface area contributed by atoms with Crippen LogP contribution >= 0.6 is 11.6 Å². The Bertz CT molecular complexity index is 598. The molecule has 0 spiro atoms. The van der Waals surface area contributed by atoms with Crippen molar-refractivity contribution in [2.45, 2.75) is 18.9 Å². The Balaban J connectivity index is 2.38. The Kier molecular flexibility index (Phi) is 5.23. The lowest BCUT2D eigenvalue weighted by Crippen LogP contribution is -2.20. The van der Waals surface area contributed by atoms with Gasteiger partial charge in [0.15, 0.2) is 0 Å². The van der Waals surface area contributed by atoms with E-state index in [1.807, 2.05) is 31.2 Å². The van der Waals surface area contributed by atoms with Crippen LogP contribution in [-0.2, 0) is 0 Å². The molecule has 112 valence electrons. The van der Waals surface area contributed by atoms with Crippen LogP contribution in [0.5, 0.6) is 5.75 Å². The van der Waals surface area contributed by atoms with E-state index in [0.29, 0.717) is 22.9 Å². The topological polar surface area (TPSA) is 55.5 Å². The van der Waals surface area contributed by atoms with Gasteiger partial charge in [0.05, 0.1) is 13.2 Å². The second kappa shape index (κ2) is 6.94. The SMILES string of the molecule is COc1ccc(Cl)cc1C(O)C(CN)c1ccc(C)cc1. The maximum Gasteiger partial charge on any atom is 0.124 e. The predicted molar refractivity (Wildman–Crippen MR) is 85.9 cm³/mol. The third-order valence-electron chi connectivity index (χ3n) is 3.65. The van der Waals surface area contributed by atoms with Crippen LogP contribution in [0, 0.1) is 6.92 Å². The molecular weight excluding hydrogens is 286 g/mol. The van der Waals surface area contributed by atoms with Crippen molar-refractivity contribution in [1.29, 1.82) is 0 Å². The van der Waals surface area contributed by atoms with Gasteiger partial charge < -0.3 is 15.6 Å². The fraction of sp³-hybridized carbons (Fsp3) is 0.294. The fourth-order valence-electron chi connectivity index (χ4n) is 2.41. The van der Waals surface area contributed by atoms with Gasteiger partial charge in [-0.15, -0.1) is 0 Å². The molecule has 0 heterocycles. The summed E-state index contributed by atoms with van der Waals surface area (Å²) < 4.78 is 5.31. The number of halogens is 1. The molecule has 4 heteroatoms. The van der Waals surface area contributed by atoms with Crippen molar-refractivity contribution < 1.29 is 9.84 Å². The van der Waals surface area contributed by atoms with Gasteiger partial charge in [-0.1, -0.05) is 41.4 Å². The van der Waals surface area contributed by atoms with E-state index in [1.54, 1.807) is 25.3 Å². The molecule has 2 aromatic rings. The first-order valence-corrected chi connectivity index (χ1v) is 7.22.